The fourth-order valence-electron chi connectivity index (χ4n) is 1.51. The highest BCUT2D eigenvalue weighted by atomic mass is 19.1. The topological polar surface area (TPSA) is 79.9 Å². The minimum atomic E-state index is -0.422. The normalized spacial score (nSPS) is 11.8. The summed E-state index contributed by atoms with van der Waals surface area (Å²) in [5, 5.41) is 14.7. The molecule has 1 rings (SSSR count). The third-order valence-electron chi connectivity index (χ3n) is 2.40. The van der Waals surface area contributed by atoms with Crippen LogP contribution in [0.1, 0.15) is 18.1 Å². The van der Waals surface area contributed by atoms with E-state index in [4.69, 9.17) is 15.7 Å². The van der Waals surface area contributed by atoms with Crippen molar-refractivity contribution in [3.63, 3.8) is 0 Å². The van der Waals surface area contributed by atoms with E-state index in [1.807, 2.05) is 6.92 Å². The van der Waals surface area contributed by atoms with Crippen LogP contribution < -0.4 is 11.1 Å². The predicted octanol–water partition coefficient (Wildman–Crippen LogP) is 1.05. The Morgan fingerprint density at radius 1 is 1.56 bits per heavy atom. The second-order valence-corrected chi connectivity index (χ2v) is 3.66. The van der Waals surface area contributed by atoms with Gasteiger partial charge in [-0.2, -0.15) is 0 Å². The number of amidine groups is 1. The Morgan fingerprint density at radius 3 is 3.00 bits per heavy atom. The van der Waals surface area contributed by atoms with Crippen LogP contribution in [0, 0.1) is 5.82 Å². The molecule has 0 aliphatic carbocycles. The van der Waals surface area contributed by atoms with Crippen molar-refractivity contribution in [2.45, 2.75) is 13.5 Å². The van der Waals surface area contributed by atoms with E-state index in [0.29, 0.717) is 31.9 Å². The summed E-state index contributed by atoms with van der Waals surface area (Å²) in [6, 6.07) is 4.19. The smallest absolute Gasteiger partial charge is 0.170 e. The van der Waals surface area contributed by atoms with Crippen molar-refractivity contribution >= 4 is 5.84 Å². The van der Waals surface area contributed by atoms with Gasteiger partial charge in [0.2, 0.25) is 0 Å². The largest absolute Gasteiger partial charge is 0.409 e. The zero-order chi connectivity index (χ0) is 13.4. The SMILES string of the molecule is CCOCCNCc1ccc(F)cc1/C(N)=N/O. The lowest BCUT2D eigenvalue weighted by molar-refractivity contribution is 0.149. The van der Waals surface area contributed by atoms with Gasteiger partial charge in [0.05, 0.1) is 6.61 Å². The molecule has 18 heavy (non-hydrogen) atoms. The number of rotatable bonds is 7. The predicted molar refractivity (Wildman–Crippen MR) is 67.1 cm³/mol. The molecule has 0 amide bonds. The number of nitrogens with two attached hydrogens (primary N) is 1. The lowest BCUT2D eigenvalue weighted by Crippen LogP contribution is -2.23. The van der Waals surface area contributed by atoms with E-state index in [-0.39, 0.29) is 5.84 Å². The summed E-state index contributed by atoms with van der Waals surface area (Å²) in [6.07, 6.45) is 0. The van der Waals surface area contributed by atoms with E-state index in [0.717, 1.165) is 5.56 Å². The first kappa shape index (κ1) is 14.4. The summed E-state index contributed by atoms with van der Waals surface area (Å²) in [4.78, 5) is 0. The lowest BCUT2D eigenvalue weighted by Gasteiger charge is -2.10. The maximum Gasteiger partial charge on any atom is 0.170 e. The van der Waals surface area contributed by atoms with Crippen LogP contribution in [-0.2, 0) is 11.3 Å². The molecule has 0 saturated heterocycles. The van der Waals surface area contributed by atoms with Gasteiger partial charge in [0.15, 0.2) is 5.84 Å². The molecule has 0 fully saturated rings. The number of hydrogen-bond acceptors (Lipinski definition) is 4. The summed E-state index contributed by atoms with van der Waals surface area (Å²) < 4.78 is 18.3. The summed E-state index contributed by atoms with van der Waals surface area (Å²) in [6.45, 7) is 4.39. The van der Waals surface area contributed by atoms with Crippen molar-refractivity contribution in [1.29, 1.82) is 0 Å². The van der Waals surface area contributed by atoms with Crippen molar-refractivity contribution in [3.8, 4) is 0 Å². The Kier molecular flexibility index (Phi) is 6.10. The molecule has 0 unspecified atom stereocenters. The number of hydrogen-bond donors (Lipinski definition) is 3. The third-order valence-corrected chi connectivity index (χ3v) is 2.40. The average molecular weight is 255 g/mol. The number of benzene rings is 1. The van der Waals surface area contributed by atoms with Crippen LogP contribution in [0.4, 0.5) is 4.39 Å². The van der Waals surface area contributed by atoms with Gasteiger partial charge in [-0.15, -0.1) is 0 Å². The second-order valence-electron chi connectivity index (χ2n) is 3.66. The second kappa shape index (κ2) is 7.62. The molecule has 4 N–H and O–H groups in total. The molecular weight excluding hydrogens is 237 g/mol. The van der Waals surface area contributed by atoms with Crippen molar-refractivity contribution in [2.24, 2.45) is 10.9 Å². The molecule has 0 saturated carbocycles. The summed E-state index contributed by atoms with van der Waals surface area (Å²) in [7, 11) is 0. The van der Waals surface area contributed by atoms with Gasteiger partial charge >= 0.3 is 0 Å². The van der Waals surface area contributed by atoms with Crippen LogP contribution in [0.3, 0.4) is 0 Å². The molecule has 100 valence electrons. The average Bonchev–Trinajstić information content (AvgIpc) is 2.39. The van der Waals surface area contributed by atoms with E-state index in [2.05, 4.69) is 10.5 Å². The first-order valence-corrected chi connectivity index (χ1v) is 5.73. The quantitative estimate of drug-likeness (QED) is 0.224. The molecule has 6 heteroatoms. The number of ether oxygens (including phenoxy) is 1. The fraction of sp³-hybridized carbons (Fsp3) is 0.417. The minimum absolute atomic E-state index is 0.101. The molecule has 0 aliphatic heterocycles. The van der Waals surface area contributed by atoms with Crippen LogP contribution in [0.5, 0.6) is 0 Å². The number of nitrogens with zero attached hydrogens (tertiary/aromatic N) is 1. The summed E-state index contributed by atoms with van der Waals surface area (Å²) in [5.74, 6) is -0.522. The maximum atomic E-state index is 13.1. The molecule has 0 radical (unpaired) electrons. The van der Waals surface area contributed by atoms with Crippen molar-refractivity contribution in [1.82, 2.24) is 5.32 Å². The highest BCUT2D eigenvalue weighted by molar-refractivity contribution is 5.98. The molecule has 5 nitrogen and oxygen atoms in total. The molecule has 0 aromatic heterocycles. The Labute approximate surface area is 105 Å². The van der Waals surface area contributed by atoms with Gasteiger partial charge in [-0.05, 0) is 24.6 Å². The minimum Gasteiger partial charge on any atom is -0.409 e. The lowest BCUT2D eigenvalue weighted by atomic mass is 10.1. The van der Waals surface area contributed by atoms with Gasteiger partial charge in [-0.1, -0.05) is 11.2 Å². The number of nitrogens with one attached hydrogen (secondary N) is 1. The molecule has 0 heterocycles. The van der Waals surface area contributed by atoms with Gasteiger partial charge in [-0.25, -0.2) is 4.39 Å². The highest BCUT2D eigenvalue weighted by Crippen LogP contribution is 2.11. The first-order valence-electron chi connectivity index (χ1n) is 5.73. The van der Waals surface area contributed by atoms with E-state index in [9.17, 15) is 4.39 Å². The Hall–Kier alpha value is -1.66. The zero-order valence-electron chi connectivity index (χ0n) is 10.3. The third kappa shape index (κ3) is 4.31. The number of oxime groups is 1. The van der Waals surface area contributed by atoms with Crippen LogP contribution in [0.15, 0.2) is 23.4 Å². The van der Waals surface area contributed by atoms with Crippen LogP contribution in [0.2, 0.25) is 0 Å². The van der Waals surface area contributed by atoms with Crippen LogP contribution >= 0.6 is 0 Å². The fourth-order valence-corrected chi connectivity index (χ4v) is 1.51. The Morgan fingerprint density at radius 2 is 2.33 bits per heavy atom. The van der Waals surface area contributed by atoms with Gasteiger partial charge in [0, 0.05) is 25.3 Å². The van der Waals surface area contributed by atoms with E-state index in [1.165, 1.54) is 12.1 Å². The molecular formula is C12H18FN3O2. The zero-order valence-corrected chi connectivity index (χ0v) is 10.3. The van der Waals surface area contributed by atoms with Gasteiger partial charge < -0.3 is 21.0 Å². The standard InChI is InChI=1S/C12H18FN3O2/c1-2-18-6-5-15-8-9-3-4-10(13)7-11(9)12(14)16-17/h3-4,7,15,17H,2,5-6,8H2,1H3,(H2,14,16). The summed E-state index contributed by atoms with van der Waals surface area (Å²) >= 11 is 0. The van der Waals surface area contributed by atoms with E-state index >= 15 is 0 Å². The monoisotopic (exact) mass is 255 g/mol. The molecule has 1 aromatic carbocycles. The highest BCUT2D eigenvalue weighted by Gasteiger charge is 2.08. The molecule has 1 aromatic rings. The maximum absolute atomic E-state index is 13.1. The van der Waals surface area contributed by atoms with Crippen molar-refractivity contribution in [3.05, 3.63) is 35.1 Å². The van der Waals surface area contributed by atoms with Gasteiger partial charge in [-0.3, -0.25) is 0 Å². The molecule has 0 bridgehead atoms. The molecule has 0 spiro atoms. The van der Waals surface area contributed by atoms with E-state index < -0.39 is 5.82 Å². The van der Waals surface area contributed by atoms with Crippen LogP contribution in [-0.4, -0.2) is 30.8 Å². The van der Waals surface area contributed by atoms with Gasteiger partial charge in [0.25, 0.3) is 0 Å². The van der Waals surface area contributed by atoms with Crippen LogP contribution in [0.25, 0.3) is 0 Å². The van der Waals surface area contributed by atoms with Crippen molar-refractivity contribution < 1.29 is 14.3 Å². The Balaban J connectivity index is 2.64. The van der Waals surface area contributed by atoms with Crippen molar-refractivity contribution in [2.75, 3.05) is 19.8 Å². The van der Waals surface area contributed by atoms with E-state index in [1.54, 1.807) is 6.07 Å². The number of halogens is 1. The van der Waals surface area contributed by atoms with Gasteiger partial charge in [0.1, 0.15) is 5.82 Å². The Bertz CT molecular complexity index is 410. The molecule has 0 aliphatic rings. The first-order chi connectivity index (χ1) is 8.69. The summed E-state index contributed by atoms with van der Waals surface area (Å²) in [5.41, 5.74) is 6.65. The molecule has 0 atom stereocenters.